The maximum atomic E-state index is 16.0. The van der Waals surface area contributed by atoms with Gasteiger partial charge in [-0.05, 0) is 92.5 Å². The second-order valence-corrected chi connectivity index (χ2v) is 12.4. The number of fused-ring (bicyclic) bond motifs is 3. The zero-order valence-electron chi connectivity index (χ0n) is 28.7. The second kappa shape index (κ2) is 14.6. The van der Waals surface area contributed by atoms with Gasteiger partial charge in [-0.2, -0.15) is 0 Å². The van der Waals surface area contributed by atoms with Crippen LogP contribution >= 0.6 is 0 Å². The topological polar surface area (TPSA) is 94.1 Å². The van der Waals surface area contributed by atoms with E-state index in [-0.39, 0.29) is 28.4 Å². The molecule has 10 heteroatoms. The zero-order chi connectivity index (χ0) is 34.7. The SMILES string of the molecule is CCN(CC)CCCC(C)NC(=O)c1cn2c3c(c(NCCc4ccc(OC)c(OC)c4)c(F)cc3c1=O)Oc1cc3ccccc3cc1-2. The third-order valence-corrected chi connectivity index (χ3v) is 9.29. The number of benzene rings is 4. The minimum atomic E-state index is -0.648. The van der Waals surface area contributed by atoms with Crippen molar-refractivity contribution in [3.05, 3.63) is 94.0 Å². The Kier molecular flexibility index (Phi) is 10.1. The summed E-state index contributed by atoms with van der Waals surface area (Å²) in [6, 6.07) is 18.4. The minimum absolute atomic E-state index is 0.0522. The van der Waals surface area contributed by atoms with Crippen LogP contribution in [0.3, 0.4) is 0 Å². The van der Waals surface area contributed by atoms with Crippen LogP contribution in [0.25, 0.3) is 27.4 Å². The van der Waals surface area contributed by atoms with Crippen molar-refractivity contribution < 1.29 is 23.4 Å². The molecule has 0 radical (unpaired) electrons. The van der Waals surface area contributed by atoms with Crippen LogP contribution in [-0.4, -0.2) is 61.8 Å². The van der Waals surface area contributed by atoms with E-state index in [2.05, 4.69) is 29.4 Å². The third kappa shape index (κ3) is 6.78. The number of hydrogen-bond acceptors (Lipinski definition) is 7. The van der Waals surface area contributed by atoms with Gasteiger partial charge in [0.2, 0.25) is 5.43 Å². The lowest BCUT2D eigenvalue weighted by Crippen LogP contribution is -2.36. The molecule has 2 heterocycles. The van der Waals surface area contributed by atoms with Gasteiger partial charge in [-0.15, -0.1) is 0 Å². The van der Waals surface area contributed by atoms with E-state index in [4.69, 9.17) is 14.2 Å². The molecule has 1 unspecified atom stereocenters. The molecule has 0 bridgehead atoms. The normalized spacial score (nSPS) is 12.5. The van der Waals surface area contributed by atoms with E-state index in [0.717, 1.165) is 48.8 Å². The van der Waals surface area contributed by atoms with Gasteiger partial charge in [0.15, 0.2) is 28.8 Å². The van der Waals surface area contributed by atoms with Gasteiger partial charge in [0.05, 0.1) is 25.3 Å². The molecular formula is C39H43FN4O5. The number of carbonyl (C=O) groups is 1. The molecular weight excluding hydrogens is 623 g/mol. The van der Waals surface area contributed by atoms with E-state index in [0.29, 0.717) is 41.4 Å². The van der Waals surface area contributed by atoms with Gasteiger partial charge < -0.3 is 34.3 Å². The van der Waals surface area contributed by atoms with Crippen molar-refractivity contribution >= 4 is 33.3 Å². The Morgan fingerprint density at radius 2 is 1.73 bits per heavy atom. The van der Waals surface area contributed by atoms with Gasteiger partial charge in [-0.1, -0.05) is 44.2 Å². The lowest BCUT2D eigenvalue weighted by atomic mass is 10.0. The molecule has 6 rings (SSSR count). The summed E-state index contributed by atoms with van der Waals surface area (Å²) in [6.07, 6.45) is 3.80. The van der Waals surface area contributed by atoms with Crippen LogP contribution in [0.2, 0.25) is 0 Å². The Hall–Kier alpha value is -5.09. The van der Waals surface area contributed by atoms with Crippen molar-refractivity contribution in [2.45, 2.75) is 46.1 Å². The van der Waals surface area contributed by atoms with Gasteiger partial charge in [-0.3, -0.25) is 9.59 Å². The van der Waals surface area contributed by atoms with Crippen molar-refractivity contribution in [3.63, 3.8) is 0 Å². The fourth-order valence-electron chi connectivity index (χ4n) is 6.53. The quantitative estimate of drug-likeness (QED) is 0.126. The molecule has 0 fully saturated rings. The van der Waals surface area contributed by atoms with Gasteiger partial charge in [0.25, 0.3) is 5.91 Å². The number of nitrogens with zero attached hydrogens (tertiary/aromatic N) is 2. The molecule has 1 amide bonds. The molecule has 1 aliphatic heterocycles. The molecule has 2 N–H and O–H groups in total. The van der Waals surface area contributed by atoms with Crippen molar-refractivity contribution in [1.82, 2.24) is 14.8 Å². The first-order chi connectivity index (χ1) is 23.8. The number of pyridine rings is 1. The average Bonchev–Trinajstić information content (AvgIpc) is 3.11. The highest BCUT2D eigenvalue weighted by atomic mass is 19.1. The number of halogens is 1. The van der Waals surface area contributed by atoms with Crippen LogP contribution in [0.1, 0.15) is 49.5 Å². The fraction of sp³-hybridized carbons (Fsp3) is 0.333. The van der Waals surface area contributed by atoms with Crippen LogP contribution in [0.15, 0.2) is 71.7 Å². The molecule has 1 aliphatic rings. The van der Waals surface area contributed by atoms with E-state index in [9.17, 15) is 9.59 Å². The monoisotopic (exact) mass is 666 g/mol. The number of carbonyl (C=O) groups excluding carboxylic acids is 1. The molecule has 0 aliphatic carbocycles. The Balaban J connectivity index is 1.37. The lowest BCUT2D eigenvalue weighted by molar-refractivity contribution is 0.0935. The summed E-state index contributed by atoms with van der Waals surface area (Å²) >= 11 is 0. The number of nitrogens with one attached hydrogen (secondary N) is 2. The molecule has 0 saturated carbocycles. The summed E-state index contributed by atoms with van der Waals surface area (Å²) in [6.45, 7) is 9.46. The van der Waals surface area contributed by atoms with E-state index in [1.165, 1.54) is 6.07 Å². The van der Waals surface area contributed by atoms with Crippen LogP contribution < -0.4 is 30.3 Å². The predicted molar refractivity (Wildman–Crippen MR) is 193 cm³/mol. The smallest absolute Gasteiger partial charge is 0.256 e. The van der Waals surface area contributed by atoms with E-state index < -0.39 is 17.2 Å². The van der Waals surface area contributed by atoms with Crippen LogP contribution in [-0.2, 0) is 6.42 Å². The van der Waals surface area contributed by atoms with Crippen molar-refractivity contribution in [3.8, 4) is 28.7 Å². The number of rotatable bonds is 14. The molecule has 0 saturated heterocycles. The summed E-state index contributed by atoms with van der Waals surface area (Å²) in [7, 11) is 3.16. The maximum absolute atomic E-state index is 16.0. The first-order valence-electron chi connectivity index (χ1n) is 16.9. The summed E-state index contributed by atoms with van der Waals surface area (Å²) in [5.74, 6) is 0.778. The number of methoxy groups -OCH3 is 2. The van der Waals surface area contributed by atoms with E-state index in [1.807, 2.05) is 61.5 Å². The highest BCUT2D eigenvalue weighted by Crippen LogP contribution is 2.46. The van der Waals surface area contributed by atoms with Crippen molar-refractivity contribution in [2.75, 3.05) is 45.7 Å². The number of aromatic nitrogens is 1. The summed E-state index contributed by atoms with van der Waals surface area (Å²) < 4.78 is 35.1. The molecule has 256 valence electrons. The Morgan fingerprint density at radius 1 is 1.00 bits per heavy atom. The molecule has 1 aromatic heterocycles. The first kappa shape index (κ1) is 33.8. The molecule has 0 spiro atoms. The summed E-state index contributed by atoms with van der Waals surface area (Å²) in [5, 5.41) is 8.20. The number of hydrogen-bond donors (Lipinski definition) is 2. The van der Waals surface area contributed by atoms with Crippen molar-refractivity contribution in [2.24, 2.45) is 0 Å². The zero-order valence-corrected chi connectivity index (χ0v) is 28.7. The van der Waals surface area contributed by atoms with Gasteiger partial charge in [0, 0.05) is 18.8 Å². The van der Waals surface area contributed by atoms with Gasteiger partial charge in [0.1, 0.15) is 16.8 Å². The van der Waals surface area contributed by atoms with Crippen LogP contribution in [0.5, 0.6) is 23.0 Å². The molecule has 4 aromatic carbocycles. The summed E-state index contributed by atoms with van der Waals surface area (Å²) in [5.41, 5.74) is 1.55. The van der Waals surface area contributed by atoms with E-state index in [1.54, 1.807) is 25.0 Å². The number of anilines is 1. The minimum Gasteiger partial charge on any atom is -0.493 e. The average molecular weight is 667 g/mol. The van der Waals surface area contributed by atoms with Gasteiger partial charge >= 0.3 is 0 Å². The second-order valence-electron chi connectivity index (χ2n) is 12.4. The fourth-order valence-corrected chi connectivity index (χ4v) is 6.53. The standard InChI is InChI=1S/C39H43FN4O5/c1-6-43(7-2)18-10-11-24(3)42-39(46)29-23-44-31-20-26-12-8-9-13-27(26)21-33(31)49-38-35(30(40)22-28(36(38)44)37(29)45)41-17-16-25-14-15-32(47-4)34(19-25)48-5/h8-9,12-15,19-24,41H,6-7,10-11,16-18H2,1-5H3,(H,42,46). The van der Waals surface area contributed by atoms with E-state index >= 15 is 4.39 Å². The first-order valence-corrected chi connectivity index (χ1v) is 16.9. The molecule has 1 atom stereocenters. The van der Waals surface area contributed by atoms with Crippen LogP contribution in [0.4, 0.5) is 10.1 Å². The summed E-state index contributed by atoms with van der Waals surface area (Å²) in [4.78, 5) is 29.9. The lowest BCUT2D eigenvalue weighted by Gasteiger charge is -2.27. The molecule has 9 nitrogen and oxygen atoms in total. The highest BCUT2D eigenvalue weighted by Gasteiger charge is 2.29. The highest BCUT2D eigenvalue weighted by molar-refractivity contribution is 6.02. The Morgan fingerprint density at radius 3 is 2.45 bits per heavy atom. The van der Waals surface area contributed by atoms with Crippen molar-refractivity contribution in [1.29, 1.82) is 0 Å². The molecule has 49 heavy (non-hydrogen) atoms. The Labute approximate surface area is 285 Å². The largest absolute Gasteiger partial charge is 0.493 e. The number of ether oxygens (including phenoxy) is 3. The van der Waals surface area contributed by atoms with Gasteiger partial charge in [-0.25, -0.2) is 4.39 Å². The third-order valence-electron chi connectivity index (χ3n) is 9.29. The Bertz CT molecular complexity index is 2070. The predicted octanol–water partition coefficient (Wildman–Crippen LogP) is 7.30. The maximum Gasteiger partial charge on any atom is 0.256 e. The van der Waals surface area contributed by atoms with Crippen LogP contribution in [0, 0.1) is 5.82 Å². The number of amides is 1. The molecule has 5 aromatic rings.